The molecule has 1 aromatic rings. The largest absolute Gasteiger partial charge is 0.399 e. The normalized spacial score (nSPS) is 8.45. The van der Waals surface area contributed by atoms with E-state index in [2.05, 4.69) is 19.1 Å². The second-order valence-corrected chi connectivity index (χ2v) is 4.22. The van der Waals surface area contributed by atoms with Crippen molar-refractivity contribution in [2.24, 2.45) is 0 Å². The van der Waals surface area contributed by atoms with Crippen molar-refractivity contribution in [2.75, 3.05) is 5.73 Å². The van der Waals surface area contributed by atoms with Crippen molar-refractivity contribution in [1.29, 1.82) is 0 Å². The first-order chi connectivity index (χ1) is 9.79. The first kappa shape index (κ1) is 15.5. The quantitative estimate of drug-likeness (QED) is 0.704. The highest BCUT2D eigenvalue weighted by molar-refractivity contribution is 5.33. The zero-order chi connectivity index (χ0) is 14.5. The molecule has 0 fully saturated rings. The van der Waals surface area contributed by atoms with Gasteiger partial charge in [0.2, 0.25) is 0 Å². The summed E-state index contributed by atoms with van der Waals surface area (Å²) < 4.78 is 0. The first-order valence-electron chi connectivity index (χ1n) is 6.61. The van der Waals surface area contributed by atoms with Gasteiger partial charge in [0.05, 0.1) is 0 Å². The summed E-state index contributed by atoms with van der Waals surface area (Å²) in [6.45, 7) is 2.07. The molecular weight excluding hydrogens is 242 g/mol. The van der Waals surface area contributed by atoms with Crippen LogP contribution in [0.3, 0.4) is 0 Å². The predicted octanol–water partition coefficient (Wildman–Crippen LogP) is 4.95. The molecule has 0 aliphatic heterocycles. The molecule has 0 saturated carbocycles. The van der Waals surface area contributed by atoms with Crippen molar-refractivity contribution in [3.8, 4) is 0 Å². The van der Waals surface area contributed by atoms with Gasteiger partial charge in [-0.25, -0.2) is 0 Å². The van der Waals surface area contributed by atoms with Crippen molar-refractivity contribution < 1.29 is 0 Å². The van der Waals surface area contributed by atoms with Crippen molar-refractivity contribution in [2.45, 2.75) is 6.92 Å². The summed E-state index contributed by atoms with van der Waals surface area (Å²) in [4.78, 5) is 0. The molecule has 0 saturated heterocycles. The highest BCUT2D eigenvalue weighted by atomic mass is 14.5. The molecule has 20 heavy (non-hydrogen) atoms. The summed E-state index contributed by atoms with van der Waals surface area (Å²) in [5, 5.41) is 0. The molecule has 0 aromatic heterocycles. The van der Waals surface area contributed by atoms with Crippen LogP contribution in [0.25, 0.3) is 0 Å². The van der Waals surface area contributed by atoms with E-state index in [0.29, 0.717) is 0 Å². The number of anilines is 1. The third-order valence-electron chi connectivity index (χ3n) is 2.41. The van der Waals surface area contributed by atoms with Gasteiger partial charge in [-0.15, -0.1) is 0 Å². The van der Waals surface area contributed by atoms with E-state index < -0.39 is 0 Å². The van der Waals surface area contributed by atoms with Crippen LogP contribution < -0.4 is 5.73 Å². The van der Waals surface area contributed by atoms with Crippen LogP contribution in [0.1, 0.15) is 5.56 Å². The molecule has 0 heterocycles. The van der Waals surface area contributed by atoms with Crippen molar-refractivity contribution in [3.05, 3.63) is 103 Å². The third-order valence-corrected chi connectivity index (χ3v) is 2.41. The number of hydrogen-bond acceptors (Lipinski definition) is 1. The number of nitrogens with two attached hydrogens (primary N) is 1. The Hall–Kier alpha value is -2.54. The van der Waals surface area contributed by atoms with Crippen LogP contribution >= 0.6 is 0 Å². The molecule has 0 spiro atoms. The zero-order valence-electron chi connectivity index (χ0n) is 11.8. The lowest BCUT2D eigenvalue weighted by Crippen LogP contribution is -1.77. The topological polar surface area (TPSA) is 26.0 Å². The summed E-state index contributed by atoms with van der Waals surface area (Å²) >= 11 is 0. The smallest absolute Gasteiger partial charge is 0.0313 e. The molecule has 0 aliphatic carbocycles. The second kappa shape index (κ2) is 10.4. The molecule has 0 bridgehead atoms. The molecule has 0 atom stereocenters. The second-order valence-electron chi connectivity index (χ2n) is 4.22. The van der Waals surface area contributed by atoms with E-state index in [1.807, 2.05) is 84.9 Å². The maximum absolute atomic E-state index is 5.82. The predicted molar refractivity (Wildman–Crippen MR) is 88.5 cm³/mol. The van der Waals surface area contributed by atoms with Gasteiger partial charge in [-0.05, 0) is 19.1 Å². The Morgan fingerprint density at radius 2 is 0.800 bits per heavy atom. The minimum Gasteiger partial charge on any atom is -0.399 e. The van der Waals surface area contributed by atoms with Crippen LogP contribution in [-0.4, -0.2) is 0 Å². The molecule has 0 radical (unpaired) electrons. The number of rotatable bonds is 0. The van der Waals surface area contributed by atoms with Gasteiger partial charge in [-0.1, -0.05) is 90.5 Å². The van der Waals surface area contributed by atoms with E-state index in [-0.39, 0.29) is 0 Å². The van der Waals surface area contributed by atoms with Gasteiger partial charge in [0.1, 0.15) is 0 Å². The average molecular weight is 263 g/mol. The molecule has 1 nitrogen and oxygen atoms in total. The molecule has 1 heteroatoms. The Kier molecular flexibility index (Phi) is 8.06. The Labute approximate surface area is 121 Å². The van der Waals surface area contributed by atoms with E-state index in [1.54, 1.807) is 0 Å². The minimum atomic E-state index is 0.721. The molecule has 1 rings (SSSR count). The fraction of sp³-hybridized carbons (Fsp3) is 0.0526. The maximum atomic E-state index is 5.82. The van der Waals surface area contributed by atoms with E-state index in [0.717, 1.165) is 5.69 Å². The number of hydrogen-bond donors (Lipinski definition) is 1. The van der Waals surface area contributed by atoms with Gasteiger partial charge in [0.15, 0.2) is 0 Å². The monoisotopic (exact) mass is 263 g/mol. The Morgan fingerprint density at radius 1 is 0.500 bits per heavy atom. The molecule has 2 N–H and O–H groups in total. The third kappa shape index (κ3) is 8.54. The van der Waals surface area contributed by atoms with Crippen molar-refractivity contribution in [3.63, 3.8) is 0 Å². The molecule has 102 valence electrons. The van der Waals surface area contributed by atoms with Crippen LogP contribution in [0.15, 0.2) is 97.1 Å². The summed E-state index contributed by atoms with van der Waals surface area (Å²) in [6, 6.07) is 31.5. The van der Waals surface area contributed by atoms with E-state index >= 15 is 0 Å². The lowest BCUT2D eigenvalue weighted by molar-refractivity contribution is 1.50. The van der Waals surface area contributed by atoms with Crippen molar-refractivity contribution >= 4 is 5.69 Å². The SMILES string of the molecule is Cc1ccccccccc(N)cccccccc1. The van der Waals surface area contributed by atoms with Crippen molar-refractivity contribution in [1.82, 2.24) is 0 Å². The molecular formula is C19H21N. The number of nitrogen functional groups attached to an aromatic ring is 1. The summed E-state index contributed by atoms with van der Waals surface area (Å²) in [6.07, 6.45) is 0. The summed E-state index contributed by atoms with van der Waals surface area (Å²) in [5.41, 5.74) is 7.74. The Balaban J connectivity index is 3.19. The molecule has 0 amide bonds. The first-order valence-corrected chi connectivity index (χ1v) is 6.61. The lowest BCUT2D eigenvalue weighted by atomic mass is 10.3. The lowest BCUT2D eigenvalue weighted by Gasteiger charge is -1.81. The average Bonchev–Trinajstić information content (AvgIpc) is 2.43. The Morgan fingerprint density at radius 3 is 1.20 bits per heavy atom. The van der Waals surface area contributed by atoms with E-state index in [1.165, 1.54) is 5.56 Å². The Bertz CT molecular complexity index is 474. The highest BCUT2D eigenvalue weighted by Gasteiger charge is 1.70. The number of aryl methyl sites for hydroxylation is 1. The van der Waals surface area contributed by atoms with Crippen LogP contribution in [0, 0.1) is 6.92 Å². The minimum absolute atomic E-state index is 0.721. The highest BCUT2D eigenvalue weighted by Crippen LogP contribution is 1.93. The van der Waals surface area contributed by atoms with E-state index in [9.17, 15) is 0 Å². The standard InChI is InChI=1S/C19H21N/c1-18-14-10-6-2-4-8-12-16-19(20)17-13-9-5-3-7-11-15-18/h2-17H,20H2,1H3. The van der Waals surface area contributed by atoms with Gasteiger partial charge < -0.3 is 5.73 Å². The van der Waals surface area contributed by atoms with Crippen LogP contribution in [0.5, 0.6) is 0 Å². The summed E-state index contributed by atoms with van der Waals surface area (Å²) in [5.74, 6) is 0. The van der Waals surface area contributed by atoms with Gasteiger partial charge in [-0.3, -0.25) is 0 Å². The molecule has 0 aliphatic rings. The maximum Gasteiger partial charge on any atom is 0.0313 e. The van der Waals surface area contributed by atoms with Gasteiger partial charge in [0, 0.05) is 5.69 Å². The van der Waals surface area contributed by atoms with Gasteiger partial charge in [-0.2, -0.15) is 0 Å². The fourth-order valence-electron chi connectivity index (χ4n) is 1.37. The van der Waals surface area contributed by atoms with Gasteiger partial charge in [0.25, 0.3) is 0 Å². The van der Waals surface area contributed by atoms with Gasteiger partial charge >= 0.3 is 0 Å². The summed E-state index contributed by atoms with van der Waals surface area (Å²) in [7, 11) is 0. The fourth-order valence-corrected chi connectivity index (χ4v) is 1.37. The van der Waals surface area contributed by atoms with Crippen LogP contribution in [-0.2, 0) is 0 Å². The molecule has 1 aromatic carbocycles. The van der Waals surface area contributed by atoms with Crippen LogP contribution in [0.4, 0.5) is 5.69 Å². The molecule has 0 unspecified atom stereocenters. The van der Waals surface area contributed by atoms with E-state index in [4.69, 9.17) is 5.73 Å². The van der Waals surface area contributed by atoms with Crippen LogP contribution in [0.2, 0.25) is 0 Å². The zero-order valence-corrected chi connectivity index (χ0v) is 11.8.